The second kappa shape index (κ2) is 12.5. The summed E-state index contributed by atoms with van der Waals surface area (Å²) < 4.78 is 28.3. The second-order valence-electron chi connectivity index (χ2n) is 8.99. The molecule has 8 heteroatoms. The molecule has 1 heterocycles. The molecule has 1 amide bonds. The van der Waals surface area contributed by atoms with Crippen LogP contribution in [0.5, 0.6) is 0 Å². The van der Waals surface area contributed by atoms with Crippen molar-refractivity contribution >= 4 is 27.5 Å². The van der Waals surface area contributed by atoms with Crippen LogP contribution in [0.4, 0.5) is 0 Å². The molecule has 0 spiro atoms. The van der Waals surface area contributed by atoms with E-state index in [2.05, 4.69) is 17.0 Å². The van der Waals surface area contributed by atoms with Crippen LogP contribution in [0.25, 0.3) is 0 Å². The molecule has 0 unspecified atom stereocenters. The van der Waals surface area contributed by atoms with Gasteiger partial charge < -0.3 is 4.90 Å². The Labute approximate surface area is 219 Å². The van der Waals surface area contributed by atoms with Crippen molar-refractivity contribution in [2.24, 2.45) is 0 Å². The summed E-state index contributed by atoms with van der Waals surface area (Å²) in [4.78, 5) is 17.4. The van der Waals surface area contributed by atoms with Gasteiger partial charge in [0.15, 0.2) is 0 Å². The number of piperazine rings is 1. The molecule has 1 fully saturated rings. The number of rotatable bonds is 10. The second-order valence-corrected chi connectivity index (χ2v) is 11.4. The Bertz CT molecular complexity index is 1210. The normalized spacial score (nSPS) is 14.8. The molecule has 0 N–H and O–H groups in total. The predicted molar refractivity (Wildman–Crippen MR) is 143 cm³/mol. The molecule has 36 heavy (non-hydrogen) atoms. The Morgan fingerprint density at radius 1 is 0.778 bits per heavy atom. The summed E-state index contributed by atoms with van der Waals surface area (Å²) in [5.41, 5.74) is 2.31. The quantitative estimate of drug-likeness (QED) is 0.396. The van der Waals surface area contributed by atoms with Crippen molar-refractivity contribution in [1.29, 1.82) is 0 Å². The van der Waals surface area contributed by atoms with Gasteiger partial charge in [-0.2, -0.15) is 4.31 Å². The summed E-state index contributed by atoms with van der Waals surface area (Å²) in [6.07, 6.45) is 0.723. The Hall–Kier alpha value is -2.71. The first kappa shape index (κ1) is 26.4. The molecule has 0 atom stereocenters. The summed E-state index contributed by atoms with van der Waals surface area (Å²) >= 11 is 5.96. The van der Waals surface area contributed by atoms with Crippen LogP contribution in [0.3, 0.4) is 0 Å². The number of hydrogen-bond donors (Lipinski definition) is 0. The van der Waals surface area contributed by atoms with Gasteiger partial charge >= 0.3 is 0 Å². The van der Waals surface area contributed by atoms with Crippen molar-refractivity contribution in [2.75, 3.05) is 39.3 Å². The smallest absolute Gasteiger partial charge is 0.243 e. The average Bonchev–Trinajstić information content (AvgIpc) is 2.90. The van der Waals surface area contributed by atoms with Crippen LogP contribution in [-0.2, 0) is 27.8 Å². The molecule has 1 saturated heterocycles. The summed E-state index contributed by atoms with van der Waals surface area (Å²) in [7, 11) is -3.76. The Morgan fingerprint density at radius 3 is 1.97 bits per heavy atom. The van der Waals surface area contributed by atoms with E-state index < -0.39 is 10.0 Å². The van der Waals surface area contributed by atoms with Crippen LogP contribution in [0, 0.1) is 0 Å². The first-order valence-electron chi connectivity index (χ1n) is 12.3. The third-order valence-electron chi connectivity index (χ3n) is 6.49. The molecule has 0 bridgehead atoms. The van der Waals surface area contributed by atoms with Crippen LogP contribution in [0.15, 0.2) is 89.8 Å². The van der Waals surface area contributed by atoms with Crippen LogP contribution in [-0.4, -0.2) is 67.7 Å². The lowest BCUT2D eigenvalue weighted by atomic mass is 10.1. The van der Waals surface area contributed by atoms with Crippen LogP contribution in [0.1, 0.15) is 17.5 Å². The molecule has 0 aliphatic carbocycles. The molecule has 190 valence electrons. The molecule has 1 aliphatic rings. The maximum absolute atomic E-state index is 13.4. The Kier molecular flexibility index (Phi) is 9.15. The summed E-state index contributed by atoms with van der Waals surface area (Å²) in [6, 6.07) is 26.3. The van der Waals surface area contributed by atoms with Gasteiger partial charge in [0.2, 0.25) is 15.9 Å². The fourth-order valence-corrected chi connectivity index (χ4v) is 5.95. The maximum Gasteiger partial charge on any atom is 0.243 e. The summed E-state index contributed by atoms with van der Waals surface area (Å²) in [6.45, 7) is 4.23. The van der Waals surface area contributed by atoms with E-state index in [0.717, 1.165) is 25.2 Å². The zero-order valence-electron chi connectivity index (χ0n) is 20.3. The number of hydrogen-bond acceptors (Lipinski definition) is 4. The molecule has 0 aromatic heterocycles. The van der Waals surface area contributed by atoms with Crippen molar-refractivity contribution in [3.63, 3.8) is 0 Å². The van der Waals surface area contributed by atoms with Crippen LogP contribution >= 0.6 is 11.6 Å². The van der Waals surface area contributed by atoms with Crippen molar-refractivity contribution in [2.45, 2.75) is 24.3 Å². The van der Waals surface area contributed by atoms with Gasteiger partial charge in [-0.15, -0.1) is 0 Å². The molecule has 3 aromatic rings. The minimum absolute atomic E-state index is 0.00891. The van der Waals surface area contributed by atoms with E-state index in [0.29, 0.717) is 31.1 Å². The molecule has 4 rings (SSSR count). The largest absolute Gasteiger partial charge is 0.340 e. The standard InChI is InChI=1S/C28H32ClN3O3S/c29-26-11-13-27(14-12-26)36(34,35)32(17-15-24-7-3-1-4-8-24)18-16-28(33)31-21-19-30(20-22-31)23-25-9-5-2-6-10-25/h1-14H,15-23H2. The van der Waals surface area contributed by atoms with Crippen molar-refractivity contribution < 1.29 is 13.2 Å². The molecular weight excluding hydrogens is 494 g/mol. The van der Waals surface area contributed by atoms with Gasteiger partial charge in [-0.25, -0.2) is 8.42 Å². The lowest BCUT2D eigenvalue weighted by Crippen LogP contribution is -2.49. The van der Waals surface area contributed by atoms with E-state index in [-0.39, 0.29) is 23.8 Å². The first-order chi connectivity index (χ1) is 17.4. The van der Waals surface area contributed by atoms with Crippen LogP contribution in [0.2, 0.25) is 5.02 Å². The topological polar surface area (TPSA) is 60.9 Å². The van der Waals surface area contributed by atoms with E-state index in [1.807, 2.05) is 53.4 Å². The van der Waals surface area contributed by atoms with E-state index in [1.165, 1.54) is 22.0 Å². The zero-order chi connectivity index (χ0) is 25.4. The lowest BCUT2D eigenvalue weighted by molar-refractivity contribution is -0.133. The molecule has 0 saturated carbocycles. The fraction of sp³-hybridized carbons (Fsp3) is 0.321. The number of nitrogens with zero attached hydrogens (tertiary/aromatic N) is 3. The highest BCUT2D eigenvalue weighted by atomic mass is 35.5. The zero-order valence-corrected chi connectivity index (χ0v) is 21.9. The molecular formula is C28H32ClN3O3S. The predicted octanol–water partition coefficient (Wildman–Crippen LogP) is 4.31. The van der Waals surface area contributed by atoms with Gasteiger partial charge in [0, 0.05) is 57.3 Å². The minimum atomic E-state index is -3.76. The summed E-state index contributed by atoms with van der Waals surface area (Å²) in [5.74, 6) is -0.00891. The van der Waals surface area contributed by atoms with Gasteiger partial charge in [-0.05, 0) is 41.8 Å². The molecule has 6 nitrogen and oxygen atoms in total. The monoisotopic (exact) mass is 525 g/mol. The van der Waals surface area contributed by atoms with Crippen molar-refractivity contribution in [3.05, 3.63) is 101 Å². The number of amides is 1. The van der Waals surface area contributed by atoms with Gasteiger partial charge in [0.25, 0.3) is 0 Å². The lowest BCUT2D eigenvalue weighted by Gasteiger charge is -2.35. The van der Waals surface area contributed by atoms with Gasteiger partial charge in [-0.1, -0.05) is 72.3 Å². The highest BCUT2D eigenvalue weighted by Crippen LogP contribution is 2.20. The Morgan fingerprint density at radius 2 is 1.36 bits per heavy atom. The third kappa shape index (κ3) is 7.17. The SMILES string of the molecule is O=C(CCN(CCc1ccccc1)S(=O)(=O)c1ccc(Cl)cc1)N1CCN(Cc2ccccc2)CC1. The number of carbonyl (C=O) groups excluding carboxylic acids is 1. The third-order valence-corrected chi connectivity index (χ3v) is 8.66. The van der Waals surface area contributed by atoms with Crippen molar-refractivity contribution in [3.8, 4) is 0 Å². The number of benzene rings is 3. The Balaban J connectivity index is 1.36. The highest BCUT2D eigenvalue weighted by molar-refractivity contribution is 7.89. The van der Waals surface area contributed by atoms with E-state index >= 15 is 0 Å². The van der Waals surface area contributed by atoms with Crippen LogP contribution < -0.4 is 0 Å². The fourth-order valence-electron chi connectivity index (χ4n) is 4.38. The van der Waals surface area contributed by atoms with Crippen molar-refractivity contribution in [1.82, 2.24) is 14.1 Å². The number of carbonyl (C=O) groups is 1. The maximum atomic E-state index is 13.4. The van der Waals surface area contributed by atoms with Gasteiger partial charge in [0.1, 0.15) is 0 Å². The van der Waals surface area contributed by atoms with E-state index in [4.69, 9.17) is 11.6 Å². The van der Waals surface area contributed by atoms with E-state index in [1.54, 1.807) is 12.1 Å². The number of sulfonamides is 1. The first-order valence-corrected chi connectivity index (χ1v) is 14.1. The van der Waals surface area contributed by atoms with Gasteiger partial charge in [0.05, 0.1) is 4.90 Å². The van der Waals surface area contributed by atoms with Gasteiger partial charge in [-0.3, -0.25) is 9.69 Å². The van der Waals surface area contributed by atoms with E-state index in [9.17, 15) is 13.2 Å². The number of halogens is 1. The highest BCUT2D eigenvalue weighted by Gasteiger charge is 2.27. The minimum Gasteiger partial charge on any atom is -0.340 e. The molecule has 0 radical (unpaired) electrons. The molecule has 1 aliphatic heterocycles. The average molecular weight is 526 g/mol. The summed E-state index contributed by atoms with van der Waals surface area (Å²) in [5, 5.41) is 0.478. The molecule has 3 aromatic carbocycles.